The van der Waals surface area contributed by atoms with Gasteiger partial charge in [0, 0.05) is 19.6 Å². The van der Waals surface area contributed by atoms with Gasteiger partial charge in [-0.05, 0) is 33.6 Å². The Bertz CT molecular complexity index is 568. The Balaban J connectivity index is 1.97. The first-order valence-corrected chi connectivity index (χ1v) is 7.33. The van der Waals surface area contributed by atoms with Crippen LogP contribution in [-0.4, -0.2) is 20.8 Å². The topological polar surface area (TPSA) is 52.0 Å². The van der Waals surface area contributed by atoms with Gasteiger partial charge in [-0.2, -0.15) is 0 Å². The van der Waals surface area contributed by atoms with Crippen molar-refractivity contribution in [1.29, 1.82) is 0 Å². The summed E-state index contributed by atoms with van der Waals surface area (Å²) in [6.45, 7) is 5.51. The van der Waals surface area contributed by atoms with Gasteiger partial charge in [0.1, 0.15) is 18.7 Å². The van der Waals surface area contributed by atoms with Crippen molar-refractivity contribution in [3.63, 3.8) is 0 Å². The van der Waals surface area contributed by atoms with Crippen molar-refractivity contribution in [3.8, 4) is 5.75 Å². The summed E-state index contributed by atoms with van der Waals surface area (Å²) in [7, 11) is 1.90. The van der Waals surface area contributed by atoms with E-state index in [2.05, 4.69) is 57.4 Å². The summed E-state index contributed by atoms with van der Waals surface area (Å²) in [6.07, 6.45) is 1.66. The lowest BCUT2D eigenvalue weighted by Crippen LogP contribution is -2.21. The van der Waals surface area contributed by atoms with Gasteiger partial charge in [-0.25, -0.2) is 0 Å². The van der Waals surface area contributed by atoms with Crippen LogP contribution in [0.25, 0.3) is 0 Å². The van der Waals surface area contributed by atoms with E-state index in [0.717, 1.165) is 22.6 Å². The molecule has 0 radical (unpaired) electrons. The molecule has 20 heavy (non-hydrogen) atoms. The normalized spacial score (nSPS) is 11.1. The second-order valence-corrected chi connectivity index (χ2v) is 5.80. The smallest absolute Gasteiger partial charge is 0.170 e. The number of nitrogens with zero attached hydrogens (tertiary/aromatic N) is 3. The lowest BCUT2D eigenvalue weighted by Gasteiger charge is -2.11. The number of ether oxygens (including phenoxy) is 1. The lowest BCUT2D eigenvalue weighted by atomic mass is 10.2. The zero-order valence-electron chi connectivity index (χ0n) is 11.9. The van der Waals surface area contributed by atoms with Crippen LogP contribution in [0.3, 0.4) is 0 Å². The standard InChI is InChI=1S/C14H19BrN4O/c1-10(2)16-7-11-4-5-13(12(15)6-11)20-8-14-18-17-9-19(14)3/h4-6,9-10,16H,7-8H2,1-3H3. The molecule has 1 aromatic carbocycles. The largest absolute Gasteiger partial charge is 0.484 e. The molecule has 0 saturated heterocycles. The SMILES string of the molecule is CC(C)NCc1ccc(OCc2nncn2C)c(Br)c1. The van der Waals surface area contributed by atoms with Crippen LogP contribution in [0.2, 0.25) is 0 Å². The molecule has 5 nitrogen and oxygen atoms in total. The molecule has 0 aliphatic carbocycles. The van der Waals surface area contributed by atoms with Crippen LogP contribution >= 0.6 is 15.9 Å². The van der Waals surface area contributed by atoms with Gasteiger partial charge in [-0.1, -0.05) is 19.9 Å². The van der Waals surface area contributed by atoms with Crippen LogP contribution in [0.5, 0.6) is 5.75 Å². The van der Waals surface area contributed by atoms with E-state index in [0.29, 0.717) is 12.6 Å². The van der Waals surface area contributed by atoms with Crippen LogP contribution in [0.1, 0.15) is 25.2 Å². The Hall–Kier alpha value is -1.40. The number of aromatic nitrogens is 3. The summed E-state index contributed by atoms with van der Waals surface area (Å²) >= 11 is 3.54. The molecule has 0 fully saturated rings. The molecule has 0 bridgehead atoms. The maximum absolute atomic E-state index is 5.75. The van der Waals surface area contributed by atoms with Crippen molar-refractivity contribution in [2.24, 2.45) is 7.05 Å². The first kappa shape index (κ1) is 15.0. The quantitative estimate of drug-likeness (QED) is 0.879. The van der Waals surface area contributed by atoms with Gasteiger partial charge in [0.05, 0.1) is 4.47 Å². The summed E-state index contributed by atoms with van der Waals surface area (Å²) in [6, 6.07) is 6.58. The number of rotatable bonds is 6. The fourth-order valence-corrected chi connectivity index (χ4v) is 2.21. The highest BCUT2D eigenvalue weighted by atomic mass is 79.9. The van der Waals surface area contributed by atoms with E-state index in [1.54, 1.807) is 6.33 Å². The van der Waals surface area contributed by atoms with Gasteiger partial charge < -0.3 is 14.6 Å². The lowest BCUT2D eigenvalue weighted by molar-refractivity contribution is 0.289. The number of halogens is 1. The van der Waals surface area contributed by atoms with Crippen LogP contribution in [0, 0.1) is 0 Å². The Morgan fingerprint density at radius 1 is 1.40 bits per heavy atom. The third-order valence-electron chi connectivity index (χ3n) is 2.87. The van der Waals surface area contributed by atoms with E-state index in [1.807, 2.05) is 17.7 Å². The summed E-state index contributed by atoms with van der Waals surface area (Å²) in [5.41, 5.74) is 1.22. The average Bonchev–Trinajstić information content (AvgIpc) is 2.81. The zero-order chi connectivity index (χ0) is 14.5. The van der Waals surface area contributed by atoms with Crippen LogP contribution in [0.15, 0.2) is 29.0 Å². The molecule has 2 rings (SSSR count). The molecule has 0 unspecified atom stereocenters. The monoisotopic (exact) mass is 338 g/mol. The van der Waals surface area contributed by atoms with E-state index < -0.39 is 0 Å². The highest BCUT2D eigenvalue weighted by Gasteiger charge is 2.06. The maximum atomic E-state index is 5.75. The minimum Gasteiger partial charge on any atom is -0.484 e. The number of hydrogen-bond acceptors (Lipinski definition) is 4. The first-order valence-electron chi connectivity index (χ1n) is 6.53. The summed E-state index contributed by atoms with van der Waals surface area (Å²) in [5, 5.41) is 11.2. The number of nitrogens with one attached hydrogen (secondary N) is 1. The minimum atomic E-state index is 0.401. The second-order valence-electron chi connectivity index (χ2n) is 4.95. The summed E-state index contributed by atoms with van der Waals surface area (Å²) in [5.74, 6) is 1.60. The Kier molecular flexibility index (Phi) is 5.14. The molecule has 2 aromatic rings. The van der Waals surface area contributed by atoms with Gasteiger partial charge in [-0.3, -0.25) is 0 Å². The predicted molar refractivity (Wildman–Crippen MR) is 81.5 cm³/mol. The molecule has 1 N–H and O–H groups in total. The first-order chi connectivity index (χ1) is 9.56. The second kappa shape index (κ2) is 6.85. The fourth-order valence-electron chi connectivity index (χ4n) is 1.67. The molecule has 0 saturated carbocycles. The van der Waals surface area contributed by atoms with E-state index in [4.69, 9.17) is 4.74 Å². The molecule has 0 atom stereocenters. The zero-order valence-corrected chi connectivity index (χ0v) is 13.5. The van der Waals surface area contributed by atoms with E-state index in [-0.39, 0.29) is 0 Å². The molecule has 0 aliphatic heterocycles. The number of aryl methyl sites for hydroxylation is 1. The molecule has 108 valence electrons. The Labute approximate surface area is 127 Å². The molecule has 1 heterocycles. The summed E-state index contributed by atoms with van der Waals surface area (Å²) in [4.78, 5) is 0. The van der Waals surface area contributed by atoms with Crippen molar-refractivity contribution in [3.05, 3.63) is 40.4 Å². The number of hydrogen-bond donors (Lipinski definition) is 1. The Morgan fingerprint density at radius 3 is 2.80 bits per heavy atom. The molecule has 6 heteroatoms. The maximum Gasteiger partial charge on any atom is 0.170 e. The number of benzene rings is 1. The van der Waals surface area contributed by atoms with Gasteiger partial charge in [0.15, 0.2) is 5.82 Å². The van der Waals surface area contributed by atoms with E-state index >= 15 is 0 Å². The van der Waals surface area contributed by atoms with Crippen LogP contribution in [0.4, 0.5) is 0 Å². The average molecular weight is 339 g/mol. The molecular formula is C14H19BrN4O. The molecular weight excluding hydrogens is 320 g/mol. The molecule has 0 spiro atoms. The molecule has 0 amide bonds. The van der Waals surface area contributed by atoms with Gasteiger partial charge in [0.2, 0.25) is 0 Å². The van der Waals surface area contributed by atoms with E-state index in [9.17, 15) is 0 Å². The van der Waals surface area contributed by atoms with Crippen molar-refractivity contribution < 1.29 is 4.74 Å². The van der Waals surface area contributed by atoms with Crippen molar-refractivity contribution in [1.82, 2.24) is 20.1 Å². The molecule has 1 aromatic heterocycles. The highest BCUT2D eigenvalue weighted by Crippen LogP contribution is 2.26. The minimum absolute atomic E-state index is 0.401. The van der Waals surface area contributed by atoms with Crippen LogP contribution < -0.4 is 10.1 Å². The van der Waals surface area contributed by atoms with Crippen LogP contribution in [-0.2, 0) is 20.2 Å². The van der Waals surface area contributed by atoms with Crippen molar-refractivity contribution >= 4 is 15.9 Å². The summed E-state index contributed by atoms with van der Waals surface area (Å²) < 4.78 is 8.54. The molecule has 0 aliphatic rings. The highest BCUT2D eigenvalue weighted by molar-refractivity contribution is 9.10. The third-order valence-corrected chi connectivity index (χ3v) is 3.49. The van der Waals surface area contributed by atoms with E-state index in [1.165, 1.54) is 5.56 Å². The van der Waals surface area contributed by atoms with Gasteiger partial charge >= 0.3 is 0 Å². The van der Waals surface area contributed by atoms with Crippen molar-refractivity contribution in [2.45, 2.75) is 33.0 Å². The van der Waals surface area contributed by atoms with Gasteiger partial charge in [-0.15, -0.1) is 10.2 Å². The Morgan fingerprint density at radius 2 is 2.20 bits per heavy atom. The fraction of sp³-hybridized carbons (Fsp3) is 0.429. The van der Waals surface area contributed by atoms with Crippen molar-refractivity contribution in [2.75, 3.05) is 0 Å². The van der Waals surface area contributed by atoms with Gasteiger partial charge in [0.25, 0.3) is 0 Å². The third kappa shape index (κ3) is 4.05. The predicted octanol–water partition coefficient (Wildman–Crippen LogP) is 2.65.